The molecule has 0 atom stereocenters. The first-order valence-electron chi connectivity index (χ1n) is 8.32. The van der Waals surface area contributed by atoms with Gasteiger partial charge in [0, 0.05) is 30.9 Å². The van der Waals surface area contributed by atoms with Gasteiger partial charge in [0.25, 0.3) is 0 Å². The van der Waals surface area contributed by atoms with Crippen molar-refractivity contribution in [1.29, 1.82) is 5.41 Å². The molecule has 0 saturated carbocycles. The molecular formula is C22H24N2. The van der Waals surface area contributed by atoms with E-state index in [9.17, 15) is 0 Å². The zero-order chi connectivity index (χ0) is 17.3. The van der Waals surface area contributed by atoms with Crippen molar-refractivity contribution in [1.82, 2.24) is 0 Å². The molecule has 0 aliphatic heterocycles. The van der Waals surface area contributed by atoms with Crippen LogP contribution in [0.4, 0.5) is 5.69 Å². The lowest BCUT2D eigenvalue weighted by atomic mass is 9.90. The zero-order valence-electron chi connectivity index (χ0n) is 14.9. The average Bonchev–Trinajstić information content (AvgIpc) is 2.93. The van der Waals surface area contributed by atoms with E-state index in [4.69, 9.17) is 5.41 Å². The summed E-state index contributed by atoms with van der Waals surface area (Å²) in [6, 6.07) is 16.4. The normalized spacial score (nSPS) is 13.9. The van der Waals surface area contributed by atoms with E-state index in [1.165, 1.54) is 22.3 Å². The third kappa shape index (κ3) is 2.92. The lowest BCUT2D eigenvalue weighted by Crippen LogP contribution is -2.12. The van der Waals surface area contributed by atoms with Crippen molar-refractivity contribution in [3.8, 4) is 0 Å². The van der Waals surface area contributed by atoms with Crippen molar-refractivity contribution < 1.29 is 0 Å². The van der Waals surface area contributed by atoms with Crippen LogP contribution in [0.1, 0.15) is 37.0 Å². The summed E-state index contributed by atoms with van der Waals surface area (Å²) >= 11 is 0. The second-order valence-corrected chi connectivity index (χ2v) is 6.56. The Morgan fingerprint density at radius 2 is 1.71 bits per heavy atom. The summed E-state index contributed by atoms with van der Waals surface area (Å²) < 4.78 is 0. The Labute approximate surface area is 144 Å². The van der Waals surface area contributed by atoms with Crippen molar-refractivity contribution in [3.05, 3.63) is 82.4 Å². The highest BCUT2D eigenvalue weighted by atomic mass is 15.1. The van der Waals surface area contributed by atoms with Crippen molar-refractivity contribution in [2.24, 2.45) is 0 Å². The third-order valence-corrected chi connectivity index (χ3v) is 4.83. The number of hydrogen-bond acceptors (Lipinski definition) is 2. The molecule has 0 radical (unpaired) electrons. The monoisotopic (exact) mass is 316 g/mol. The zero-order valence-corrected chi connectivity index (χ0v) is 14.9. The predicted molar refractivity (Wildman–Crippen MR) is 104 cm³/mol. The lowest BCUT2D eigenvalue weighted by Gasteiger charge is -2.19. The van der Waals surface area contributed by atoms with E-state index in [0.29, 0.717) is 5.71 Å². The molecule has 0 saturated heterocycles. The van der Waals surface area contributed by atoms with Crippen LogP contribution in [-0.4, -0.2) is 19.8 Å². The summed E-state index contributed by atoms with van der Waals surface area (Å²) in [6.45, 7) is 4.35. The molecule has 2 heteroatoms. The summed E-state index contributed by atoms with van der Waals surface area (Å²) in [6.07, 6.45) is 3.23. The Bertz CT molecular complexity index is 840. The summed E-state index contributed by atoms with van der Waals surface area (Å²) in [4.78, 5) is 2.09. The first kappa shape index (κ1) is 16.3. The molecule has 0 bridgehead atoms. The van der Waals surface area contributed by atoms with Crippen LogP contribution in [0.5, 0.6) is 0 Å². The predicted octanol–water partition coefficient (Wildman–Crippen LogP) is 5.29. The fourth-order valence-corrected chi connectivity index (χ4v) is 3.15. The molecule has 24 heavy (non-hydrogen) atoms. The number of anilines is 1. The summed E-state index contributed by atoms with van der Waals surface area (Å²) in [7, 11) is 4.08. The Morgan fingerprint density at radius 1 is 1.00 bits per heavy atom. The van der Waals surface area contributed by atoms with Gasteiger partial charge in [0.15, 0.2) is 0 Å². The molecular weight excluding hydrogens is 292 g/mol. The largest absolute Gasteiger partial charge is 0.378 e. The van der Waals surface area contributed by atoms with E-state index in [0.717, 1.165) is 23.2 Å². The van der Waals surface area contributed by atoms with Gasteiger partial charge >= 0.3 is 0 Å². The standard InChI is InChI=1S/C22H24N2/c1-15-10-12-19(16(15)2)20-13-11-18(24(3)4)14-21(20)22(23)17-8-6-5-7-9-17/h5-11,13-14,23H,12H2,1-4H3. The van der Waals surface area contributed by atoms with Crippen LogP contribution in [0.2, 0.25) is 0 Å². The SMILES string of the molecule is CC1=CCC(c2ccc(N(C)C)cc2C(=N)c2ccccc2)=C1C. The van der Waals surface area contributed by atoms with E-state index >= 15 is 0 Å². The summed E-state index contributed by atoms with van der Waals surface area (Å²) in [5.41, 5.74) is 8.87. The second-order valence-electron chi connectivity index (χ2n) is 6.56. The number of nitrogens with zero attached hydrogens (tertiary/aromatic N) is 1. The van der Waals surface area contributed by atoms with Crippen LogP contribution in [-0.2, 0) is 0 Å². The first-order chi connectivity index (χ1) is 11.5. The molecule has 2 aromatic rings. The molecule has 0 heterocycles. The fraction of sp³-hybridized carbons (Fsp3) is 0.227. The number of rotatable bonds is 4. The van der Waals surface area contributed by atoms with Crippen LogP contribution in [0.3, 0.4) is 0 Å². The van der Waals surface area contributed by atoms with E-state index < -0.39 is 0 Å². The molecule has 2 nitrogen and oxygen atoms in total. The van der Waals surface area contributed by atoms with E-state index in [1.54, 1.807) is 0 Å². The molecule has 1 aliphatic rings. The quantitative estimate of drug-likeness (QED) is 0.762. The van der Waals surface area contributed by atoms with Crippen molar-refractivity contribution in [2.75, 3.05) is 19.0 Å². The lowest BCUT2D eigenvalue weighted by molar-refractivity contribution is 1.13. The van der Waals surface area contributed by atoms with Gasteiger partial charge in [-0.05, 0) is 49.1 Å². The van der Waals surface area contributed by atoms with Crippen molar-refractivity contribution in [3.63, 3.8) is 0 Å². The maximum atomic E-state index is 8.77. The van der Waals surface area contributed by atoms with Crippen LogP contribution in [0.15, 0.2) is 65.8 Å². The van der Waals surface area contributed by atoms with E-state index in [1.807, 2.05) is 44.4 Å². The second kappa shape index (κ2) is 6.48. The molecule has 3 rings (SSSR count). The number of hydrogen-bond donors (Lipinski definition) is 1. The minimum Gasteiger partial charge on any atom is -0.378 e. The smallest absolute Gasteiger partial charge is 0.0691 e. The molecule has 0 aromatic heterocycles. The maximum Gasteiger partial charge on any atom is 0.0691 e. The number of benzene rings is 2. The summed E-state index contributed by atoms with van der Waals surface area (Å²) in [5.74, 6) is 0. The van der Waals surface area contributed by atoms with Gasteiger partial charge in [0.05, 0.1) is 5.71 Å². The molecule has 0 fully saturated rings. The molecule has 1 aliphatic carbocycles. The van der Waals surface area contributed by atoms with Crippen molar-refractivity contribution >= 4 is 17.0 Å². The first-order valence-corrected chi connectivity index (χ1v) is 8.32. The molecule has 122 valence electrons. The van der Waals surface area contributed by atoms with Crippen molar-refractivity contribution in [2.45, 2.75) is 20.3 Å². The number of allylic oxidation sites excluding steroid dienone is 4. The van der Waals surface area contributed by atoms with Gasteiger partial charge in [-0.25, -0.2) is 0 Å². The third-order valence-electron chi connectivity index (χ3n) is 4.83. The number of nitrogens with one attached hydrogen (secondary N) is 1. The van der Waals surface area contributed by atoms with Gasteiger partial charge in [0.2, 0.25) is 0 Å². The Balaban J connectivity index is 2.15. The Hall–Kier alpha value is -2.61. The Morgan fingerprint density at radius 3 is 2.29 bits per heavy atom. The highest BCUT2D eigenvalue weighted by Crippen LogP contribution is 2.36. The highest BCUT2D eigenvalue weighted by molar-refractivity contribution is 6.14. The van der Waals surface area contributed by atoms with Crippen LogP contribution in [0.25, 0.3) is 5.57 Å². The molecule has 1 N–H and O–H groups in total. The van der Waals surface area contributed by atoms with Gasteiger partial charge < -0.3 is 4.90 Å². The van der Waals surface area contributed by atoms with Gasteiger partial charge in [-0.3, -0.25) is 5.41 Å². The molecule has 2 aromatic carbocycles. The maximum absolute atomic E-state index is 8.77. The minimum absolute atomic E-state index is 0.583. The van der Waals surface area contributed by atoms with Crippen LogP contribution < -0.4 is 4.90 Å². The van der Waals surface area contributed by atoms with E-state index in [2.05, 4.69) is 43.0 Å². The fourth-order valence-electron chi connectivity index (χ4n) is 3.15. The molecule has 0 spiro atoms. The van der Waals surface area contributed by atoms with Gasteiger partial charge in [-0.2, -0.15) is 0 Å². The van der Waals surface area contributed by atoms with Gasteiger partial charge in [-0.15, -0.1) is 0 Å². The van der Waals surface area contributed by atoms with Crippen LogP contribution in [0, 0.1) is 5.41 Å². The van der Waals surface area contributed by atoms with Gasteiger partial charge in [0.1, 0.15) is 0 Å². The molecule has 0 amide bonds. The topological polar surface area (TPSA) is 27.1 Å². The summed E-state index contributed by atoms with van der Waals surface area (Å²) in [5, 5.41) is 8.77. The van der Waals surface area contributed by atoms with Crippen LogP contribution >= 0.6 is 0 Å². The Kier molecular flexibility index (Phi) is 4.39. The minimum atomic E-state index is 0.583. The highest BCUT2D eigenvalue weighted by Gasteiger charge is 2.19. The average molecular weight is 316 g/mol. The molecule has 0 unspecified atom stereocenters. The van der Waals surface area contributed by atoms with E-state index in [-0.39, 0.29) is 0 Å². The van der Waals surface area contributed by atoms with Gasteiger partial charge in [-0.1, -0.05) is 48.0 Å².